The summed E-state index contributed by atoms with van der Waals surface area (Å²) >= 11 is 0. The predicted molar refractivity (Wildman–Crippen MR) is 339 cm³/mol. The number of unbranched alkanes of at least 4 members (excludes halogenated alkanes) is 36. The molecular weight excluding hydrogens is 961 g/mol. The molecule has 0 saturated carbocycles. The van der Waals surface area contributed by atoms with Gasteiger partial charge in [-0.15, -0.1) is 0 Å². The summed E-state index contributed by atoms with van der Waals surface area (Å²) in [4.78, 5) is 38.3. The zero-order valence-corrected chi connectivity index (χ0v) is 51.7. The van der Waals surface area contributed by atoms with Crippen LogP contribution in [0.5, 0.6) is 0 Å². The molecule has 0 saturated heterocycles. The van der Waals surface area contributed by atoms with Gasteiger partial charge in [-0.3, -0.25) is 14.4 Å². The predicted octanol–water partition coefficient (Wildman–Crippen LogP) is 23.1. The van der Waals surface area contributed by atoms with Gasteiger partial charge in [0.05, 0.1) is 0 Å². The van der Waals surface area contributed by atoms with E-state index in [1.54, 1.807) is 0 Å². The van der Waals surface area contributed by atoms with Gasteiger partial charge in [0.2, 0.25) is 0 Å². The highest BCUT2D eigenvalue weighted by Crippen LogP contribution is 2.18. The van der Waals surface area contributed by atoms with E-state index in [0.717, 1.165) is 128 Å². The van der Waals surface area contributed by atoms with Crippen LogP contribution in [-0.4, -0.2) is 37.2 Å². The van der Waals surface area contributed by atoms with E-state index in [-0.39, 0.29) is 37.5 Å². The number of carbonyl (C=O) groups is 3. The van der Waals surface area contributed by atoms with Gasteiger partial charge in [0.25, 0.3) is 0 Å². The van der Waals surface area contributed by atoms with Gasteiger partial charge in [-0.2, -0.15) is 0 Å². The molecule has 78 heavy (non-hydrogen) atoms. The zero-order valence-electron chi connectivity index (χ0n) is 51.7. The Bertz CT molecular complexity index is 1480. The molecule has 6 heteroatoms. The number of rotatable bonds is 61. The molecule has 0 aliphatic heterocycles. The number of ether oxygens (including phenoxy) is 3. The maximum Gasteiger partial charge on any atom is 0.306 e. The fraction of sp³-hybridized carbons (Fsp3) is 0.764. The van der Waals surface area contributed by atoms with Crippen LogP contribution in [0.4, 0.5) is 0 Å². The van der Waals surface area contributed by atoms with Crippen LogP contribution in [0.25, 0.3) is 0 Å². The van der Waals surface area contributed by atoms with Gasteiger partial charge in [-0.25, -0.2) is 0 Å². The lowest BCUT2D eigenvalue weighted by Gasteiger charge is -2.18. The Morgan fingerprint density at radius 3 is 0.846 bits per heavy atom. The molecule has 0 rings (SSSR count). The summed E-state index contributed by atoms with van der Waals surface area (Å²) in [5.74, 6) is -0.926. The third kappa shape index (κ3) is 63.4. The van der Waals surface area contributed by atoms with Gasteiger partial charge in [-0.1, -0.05) is 311 Å². The van der Waals surface area contributed by atoms with Crippen LogP contribution in [0, 0.1) is 0 Å². The standard InChI is InChI=1S/C72H126O6/c1-4-7-10-13-16-19-22-25-27-29-31-32-33-34-35-36-37-38-39-41-42-44-47-50-53-56-59-62-65-71(74)77-68-69(67-76-70(73)64-61-58-55-52-49-46-24-21-18-15-12-9-6-3)78-72(75)66-63-60-57-54-51-48-45-43-40-30-28-26-23-20-17-14-11-8-5-2/h8,11-12,15,17,20-21,24,26,28,40,43,48,51,69H,4-7,9-10,13-14,16,18-19,22-23,25,27,29-39,41-42,44-47,49-50,52-68H2,1-3H3/b11-8-,15-12-,20-17-,24-21-,28-26-,43-40-,51-48-. The first-order valence-corrected chi connectivity index (χ1v) is 33.6. The smallest absolute Gasteiger partial charge is 0.306 e. The monoisotopic (exact) mass is 1090 g/mol. The molecule has 6 nitrogen and oxygen atoms in total. The van der Waals surface area contributed by atoms with E-state index in [9.17, 15) is 14.4 Å². The van der Waals surface area contributed by atoms with Crippen LogP contribution >= 0.6 is 0 Å². The average Bonchev–Trinajstić information content (AvgIpc) is 3.44. The summed E-state index contributed by atoms with van der Waals surface area (Å²) in [5, 5.41) is 0. The lowest BCUT2D eigenvalue weighted by Crippen LogP contribution is -2.30. The summed E-state index contributed by atoms with van der Waals surface area (Å²) in [5.41, 5.74) is 0. The Balaban J connectivity index is 4.27. The van der Waals surface area contributed by atoms with Crippen LogP contribution in [0.1, 0.15) is 335 Å². The molecule has 0 aromatic heterocycles. The van der Waals surface area contributed by atoms with Crippen molar-refractivity contribution in [2.75, 3.05) is 13.2 Å². The highest BCUT2D eigenvalue weighted by atomic mass is 16.6. The third-order valence-corrected chi connectivity index (χ3v) is 14.6. The summed E-state index contributed by atoms with van der Waals surface area (Å²) in [6, 6.07) is 0. The largest absolute Gasteiger partial charge is 0.462 e. The van der Waals surface area contributed by atoms with Gasteiger partial charge in [-0.05, 0) is 89.9 Å². The molecule has 1 atom stereocenters. The second-order valence-electron chi connectivity index (χ2n) is 22.4. The number of hydrogen-bond acceptors (Lipinski definition) is 6. The summed E-state index contributed by atoms with van der Waals surface area (Å²) in [6.45, 7) is 6.46. The highest BCUT2D eigenvalue weighted by molar-refractivity contribution is 5.71. The van der Waals surface area contributed by atoms with Crippen molar-refractivity contribution in [2.24, 2.45) is 0 Å². The minimum atomic E-state index is -0.800. The maximum absolute atomic E-state index is 12.9. The van der Waals surface area contributed by atoms with Crippen molar-refractivity contribution >= 4 is 17.9 Å². The molecule has 1 unspecified atom stereocenters. The maximum atomic E-state index is 12.9. The summed E-state index contributed by atoms with van der Waals surface area (Å²) < 4.78 is 16.9. The van der Waals surface area contributed by atoms with Crippen molar-refractivity contribution in [3.05, 3.63) is 85.1 Å². The SMILES string of the molecule is CC/C=C\C/C=C\C/C=C\C/C=C\C/C=C\CCCCCC(=O)OC(COC(=O)CCCCCCC/C=C\C/C=C\CCC)COC(=O)CCCCCCCCCCCCCCCCCCCCCCCCCCCCCC. The van der Waals surface area contributed by atoms with Crippen molar-refractivity contribution in [1.29, 1.82) is 0 Å². The normalized spacial score (nSPS) is 12.6. The molecule has 0 N–H and O–H groups in total. The number of esters is 3. The quantitative estimate of drug-likeness (QED) is 0.0261. The molecule has 0 heterocycles. The Morgan fingerprint density at radius 1 is 0.269 bits per heavy atom. The van der Waals surface area contributed by atoms with Crippen LogP contribution in [0.2, 0.25) is 0 Å². The molecule has 0 aromatic rings. The lowest BCUT2D eigenvalue weighted by molar-refractivity contribution is -0.167. The van der Waals surface area contributed by atoms with Crippen molar-refractivity contribution in [3.63, 3.8) is 0 Å². The molecule has 0 aliphatic rings. The number of hydrogen-bond donors (Lipinski definition) is 0. The average molecular weight is 1090 g/mol. The van der Waals surface area contributed by atoms with E-state index < -0.39 is 6.10 Å². The van der Waals surface area contributed by atoms with Crippen molar-refractivity contribution in [3.8, 4) is 0 Å². The van der Waals surface area contributed by atoms with E-state index in [1.165, 1.54) is 167 Å². The molecule has 450 valence electrons. The molecule has 0 bridgehead atoms. The van der Waals surface area contributed by atoms with Crippen LogP contribution in [-0.2, 0) is 28.6 Å². The number of carbonyl (C=O) groups excluding carboxylic acids is 3. The minimum Gasteiger partial charge on any atom is -0.462 e. The van der Waals surface area contributed by atoms with E-state index >= 15 is 0 Å². The summed E-state index contributed by atoms with van der Waals surface area (Å²) in [7, 11) is 0. The molecule has 0 fully saturated rings. The fourth-order valence-corrected chi connectivity index (χ4v) is 9.63. The van der Waals surface area contributed by atoms with Gasteiger partial charge < -0.3 is 14.2 Å². The van der Waals surface area contributed by atoms with Crippen molar-refractivity contribution < 1.29 is 28.6 Å². The van der Waals surface area contributed by atoms with Gasteiger partial charge in [0.1, 0.15) is 13.2 Å². The highest BCUT2D eigenvalue weighted by Gasteiger charge is 2.19. The topological polar surface area (TPSA) is 78.9 Å². The first-order chi connectivity index (χ1) is 38.5. The van der Waals surface area contributed by atoms with Crippen LogP contribution in [0.15, 0.2) is 85.1 Å². The van der Waals surface area contributed by atoms with Gasteiger partial charge in [0, 0.05) is 19.3 Å². The van der Waals surface area contributed by atoms with Gasteiger partial charge in [0.15, 0.2) is 6.10 Å². The lowest BCUT2D eigenvalue weighted by atomic mass is 10.0. The van der Waals surface area contributed by atoms with E-state index in [1.807, 2.05) is 0 Å². The molecule has 0 amide bonds. The molecule has 0 radical (unpaired) electrons. The Kier molecular flexibility index (Phi) is 63.2. The molecule has 0 aliphatic carbocycles. The second-order valence-corrected chi connectivity index (χ2v) is 22.4. The van der Waals surface area contributed by atoms with E-state index in [0.29, 0.717) is 12.8 Å². The first kappa shape index (κ1) is 74.6. The molecule has 0 spiro atoms. The van der Waals surface area contributed by atoms with Crippen molar-refractivity contribution in [1.82, 2.24) is 0 Å². The zero-order chi connectivity index (χ0) is 56.4. The Morgan fingerprint density at radius 2 is 0.526 bits per heavy atom. The third-order valence-electron chi connectivity index (χ3n) is 14.6. The van der Waals surface area contributed by atoms with E-state index in [4.69, 9.17) is 14.2 Å². The van der Waals surface area contributed by atoms with Crippen LogP contribution < -0.4 is 0 Å². The second kappa shape index (κ2) is 66.1. The molecule has 0 aromatic carbocycles. The number of allylic oxidation sites excluding steroid dienone is 14. The van der Waals surface area contributed by atoms with Crippen molar-refractivity contribution in [2.45, 2.75) is 341 Å². The first-order valence-electron chi connectivity index (χ1n) is 33.6. The Labute approximate surface area is 484 Å². The molecular formula is C72H126O6. The van der Waals surface area contributed by atoms with Crippen LogP contribution in [0.3, 0.4) is 0 Å². The summed E-state index contributed by atoms with van der Waals surface area (Å²) in [6.07, 6.45) is 87.6. The van der Waals surface area contributed by atoms with E-state index in [2.05, 4.69) is 106 Å². The fourth-order valence-electron chi connectivity index (χ4n) is 9.63. The minimum absolute atomic E-state index is 0.0923. The Hall–Kier alpha value is -3.41. The van der Waals surface area contributed by atoms with Gasteiger partial charge >= 0.3 is 17.9 Å².